The van der Waals surface area contributed by atoms with E-state index in [1.165, 1.54) is 32.8 Å². The highest BCUT2D eigenvalue weighted by atomic mass is 16.3. The van der Waals surface area contributed by atoms with Crippen LogP contribution in [0.5, 0.6) is 0 Å². The van der Waals surface area contributed by atoms with Gasteiger partial charge in [-0.05, 0) is 29.3 Å². The molecule has 0 N–H and O–H groups in total. The lowest BCUT2D eigenvalue weighted by Gasteiger charge is -2.18. The minimum Gasteiger partial charge on any atom is -0.445 e. The summed E-state index contributed by atoms with van der Waals surface area (Å²) >= 11 is 0. The normalized spacial score (nSPS) is 14.9. The molecular weight excluding hydrogens is 370 g/mol. The fourth-order valence-electron chi connectivity index (χ4n) is 5.18. The van der Waals surface area contributed by atoms with Crippen molar-refractivity contribution in [3.8, 4) is 16.8 Å². The smallest absolute Gasteiger partial charge is 0.215 e. The van der Waals surface area contributed by atoms with Crippen LogP contribution in [-0.2, 0) is 5.41 Å². The van der Waals surface area contributed by atoms with Crippen molar-refractivity contribution in [3.63, 3.8) is 0 Å². The summed E-state index contributed by atoms with van der Waals surface area (Å²) in [5.41, 5.74) is 7.72. The first-order valence-electron chi connectivity index (χ1n) is 10.2. The Labute approximate surface area is 172 Å². The number of furan rings is 1. The number of imidazole rings is 1. The van der Waals surface area contributed by atoms with E-state index in [-0.39, 0.29) is 5.41 Å². The summed E-state index contributed by atoms with van der Waals surface area (Å²) in [6, 6.07) is 19.3. The average Bonchev–Trinajstić information content (AvgIpc) is 3.50. The summed E-state index contributed by atoms with van der Waals surface area (Å²) in [4.78, 5) is 4.67. The van der Waals surface area contributed by atoms with Crippen molar-refractivity contribution in [2.24, 2.45) is 0 Å². The third-order valence-corrected chi connectivity index (χ3v) is 6.45. The molecule has 7 rings (SSSR count). The average molecular weight is 389 g/mol. The van der Waals surface area contributed by atoms with Gasteiger partial charge < -0.3 is 8.98 Å². The highest BCUT2D eigenvalue weighted by molar-refractivity contribution is 6.13. The van der Waals surface area contributed by atoms with Gasteiger partial charge in [-0.25, -0.2) is 4.98 Å². The van der Waals surface area contributed by atoms with Crippen molar-refractivity contribution in [1.29, 1.82) is 0 Å². The molecule has 0 fully saturated rings. The summed E-state index contributed by atoms with van der Waals surface area (Å²) in [5, 5.41) is 3.68. The molecule has 1 aliphatic carbocycles. The quantitative estimate of drug-likeness (QED) is 0.393. The molecule has 0 saturated heterocycles. The molecule has 30 heavy (non-hydrogen) atoms. The number of fused-ring (bicyclic) bond motifs is 3. The molecule has 0 spiro atoms. The molecule has 0 amide bonds. The number of aromatic nitrogens is 3. The Hall–Kier alpha value is -3.79. The van der Waals surface area contributed by atoms with Crippen LogP contribution in [0.15, 0.2) is 77.7 Å². The largest absolute Gasteiger partial charge is 0.445 e. The maximum absolute atomic E-state index is 6.05. The van der Waals surface area contributed by atoms with Gasteiger partial charge in [0.2, 0.25) is 5.71 Å². The van der Waals surface area contributed by atoms with Crippen LogP contribution in [0.2, 0.25) is 0 Å². The van der Waals surface area contributed by atoms with Gasteiger partial charge in [-0.1, -0.05) is 56.3 Å². The zero-order valence-corrected chi connectivity index (χ0v) is 16.8. The Balaban J connectivity index is 1.55. The van der Waals surface area contributed by atoms with Crippen molar-refractivity contribution in [3.05, 3.63) is 84.2 Å². The van der Waals surface area contributed by atoms with Crippen LogP contribution in [0.25, 0.3) is 50.5 Å². The third-order valence-electron chi connectivity index (χ3n) is 6.45. The lowest BCUT2D eigenvalue weighted by molar-refractivity contribution is 0.598. The van der Waals surface area contributed by atoms with Gasteiger partial charge in [0.25, 0.3) is 0 Å². The summed E-state index contributed by atoms with van der Waals surface area (Å²) in [7, 11) is 0. The van der Waals surface area contributed by atoms with Crippen LogP contribution in [0.1, 0.15) is 19.4 Å². The van der Waals surface area contributed by atoms with E-state index in [4.69, 9.17) is 4.42 Å². The number of benzene rings is 2. The zero-order valence-electron chi connectivity index (χ0n) is 16.8. The molecule has 4 heteroatoms. The van der Waals surface area contributed by atoms with Crippen LogP contribution in [0.4, 0.5) is 0 Å². The van der Waals surface area contributed by atoms with Gasteiger partial charge in [-0.15, -0.1) is 0 Å². The molecule has 0 atom stereocenters. The number of pyridine rings is 1. The molecule has 0 aliphatic heterocycles. The fraction of sp³-hybridized carbons (Fsp3) is 0.115. The molecule has 0 radical (unpaired) electrons. The highest BCUT2D eigenvalue weighted by Gasteiger charge is 2.35. The van der Waals surface area contributed by atoms with E-state index < -0.39 is 0 Å². The van der Waals surface area contributed by atoms with Gasteiger partial charge >= 0.3 is 0 Å². The minimum absolute atomic E-state index is 0.0946. The van der Waals surface area contributed by atoms with Crippen molar-refractivity contribution < 1.29 is 4.42 Å². The van der Waals surface area contributed by atoms with E-state index in [0.29, 0.717) is 0 Å². The molecule has 0 bridgehead atoms. The number of nitrogens with zero attached hydrogens (tertiary/aromatic N) is 3. The maximum atomic E-state index is 6.05. The van der Waals surface area contributed by atoms with Crippen LogP contribution in [0.3, 0.4) is 0 Å². The standard InChI is InChI=1S/C26H19N3O/c1-26(2)14-19-21-22-20(15-30-25(22)28-13-12-27-24(28)23(21)26)29(19)18-10-8-17(9-11-18)16-6-4-3-5-7-16/h3-15H,1-2H3. The minimum atomic E-state index is -0.0946. The van der Waals surface area contributed by atoms with Crippen molar-refractivity contribution in [2.45, 2.75) is 19.3 Å². The summed E-state index contributed by atoms with van der Waals surface area (Å²) in [6.07, 6.45) is 8.09. The van der Waals surface area contributed by atoms with Gasteiger partial charge in [0.05, 0.1) is 16.3 Å². The van der Waals surface area contributed by atoms with Gasteiger partial charge in [0.1, 0.15) is 11.9 Å². The van der Waals surface area contributed by atoms with E-state index in [0.717, 1.165) is 22.6 Å². The maximum Gasteiger partial charge on any atom is 0.215 e. The second-order valence-electron chi connectivity index (χ2n) is 8.67. The lowest BCUT2D eigenvalue weighted by Crippen LogP contribution is -2.16. The Morgan fingerprint density at radius 2 is 1.67 bits per heavy atom. The second-order valence-corrected chi connectivity index (χ2v) is 8.67. The monoisotopic (exact) mass is 389 g/mol. The van der Waals surface area contributed by atoms with Crippen LogP contribution in [0, 0.1) is 0 Å². The first-order chi connectivity index (χ1) is 14.6. The Kier molecular flexibility index (Phi) is 2.79. The molecule has 2 aromatic carbocycles. The third kappa shape index (κ3) is 1.84. The topological polar surface area (TPSA) is 35.4 Å². The molecule has 0 unspecified atom stereocenters. The molecule has 1 aliphatic rings. The van der Waals surface area contributed by atoms with Gasteiger partial charge in [-0.2, -0.15) is 0 Å². The molecule has 4 nitrogen and oxygen atoms in total. The molecule has 4 heterocycles. The van der Waals surface area contributed by atoms with Crippen molar-refractivity contribution in [1.82, 2.24) is 14.0 Å². The first kappa shape index (κ1) is 16.1. The van der Waals surface area contributed by atoms with Crippen LogP contribution in [-0.4, -0.2) is 14.0 Å². The summed E-state index contributed by atoms with van der Waals surface area (Å²) in [6.45, 7) is 4.53. The SMILES string of the molecule is CC1(C)C=c2c3c1c1nccn1c1occ(c31)n2-c1ccc(-c2ccccc2)cc1. The number of rotatable bonds is 2. The number of hydrogen-bond acceptors (Lipinski definition) is 2. The zero-order chi connectivity index (χ0) is 20.0. The van der Waals surface area contributed by atoms with Crippen molar-refractivity contribution >= 4 is 33.7 Å². The van der Waals surface area contributed by atoms with E-state index in [1.807, 2.05) is 24.7 Å². The predicted molar refractivity (Wildman–Crippen MR) is 120 cm³/mol. The molecular formula is C26H19N3O. The van der Waals surface area contributed by atoms with E-state index >= 15 is 0 Å². The Morgan fingerprint density at radius 1 is 0.900 bits per heavy atom. The van der Waals surface area contributed by atoms with E-state index in [1.54, 1.807) is 0 Å². The second kappa shape index (κ2) is 5.22. The van der Waals surface area contributed by atoms with Crippen LogP contribution < -0.4 is 5.35 Å². The summed E-state index contributed by atoms with van der Waals surface area (Å²) < 4.78 is 10.5. The predicted octanol–water partition coefficient (Wildman–Crippen LogP) is 5.48. The molecule has 0 saturated carbocycles. The Bertz CT molecular complexity index is 1640. The fourth-order valence-corrected chi connectivity index (χ4v) is 5.18. The Morgan fingerprint density at radius 3 is 2.47 bits per heavy atom. The molecule has 4 aromatic heterocycles. The van der Waals surface area contributed by atoms with E-state index in [2.05, 4.69) is 82.4 Å². The molecule has 6 aromatic rings. The van der Waals surface area contributed by atoms with Gasteiger partial charge in [-0.3, -0.25) is 4.40 Å². The highest BCUT2D eigenvalue weighted by Crippen LogP contribution is 2.42. The number of hydrogen-bond donors (Lipinski definition) is 0. The van der Waals surface area contributed by atoms with Gasteiger partial charge in [0.15, 0.2) is 0 Å². The summed E-state index contributed by atoms with van der Waals surface area (Å²) in [5.74, 6) is 0. The lowest BCUT2D eigenvalue weighted by atomic mass is 9.87. The van der Waals surface area contributed by atoms with Crippen molar-refractivity contribution in [2.75, 3.05) is 0 Å². The van der Waals surface area contributed by atoms with Gasteiger partial charge in [0, 0.05) is 34.4 Å². The first-order valence-corrected chi connectivity index (χ1v) is 10.2. The molecule has 144 valence electrons. The van der Waals surface area contributed by atoms with E-state index in [9.17, 15) is 0 Å². The van der Waals surface area contributed by atoms with Crippen LogP contribution >= 0.6 is 0 Å².